The number of anilines is 1. The van der Waals surface area contributed by atoms with Crippen molar-refractivity contribution in [1.29, 1.82) is 0 Å². The lowest BCUT2D eigenvalue weighted by Crippen LogP contribution is -2.41. The lowest BCUT2D eigenvalue weighted by Gasteiger charge is -2.30. The number of carbonyl (C=O) groups is 3. The summed E-state index contributed by atoms with van der Waals surface area (Å²) in [6, 6.07) is 9.38. The number of rotatable bonds is 11. The minimum atomic E-state index is -0.771. The molecule has 3 aliphatic rings. The van der Waals surface area contributed by atoms with Gasteiger partial charge in [-0.25, -0.2) is 4.39 Å². The number of hydrogen-bond donors (Lipinski definition) is 2. The summed E-state index contributed by atoms with van der Waals surface area (Å²) in [5.41, 5.74) is 1.04. The average molecular weight is 686 g/mol. The second-order valence-corrected chi connectivity index (χ2v) is 13.3. The maximum atomic E-state index is 15.5. The van der Waals surface area contributed by atoms with E-state index in [2.05, 4.69) is 10.2 Å². The molecule has 258 valence electrons. The van der Waals surface area contributed by atoms with Gasteiger partial charge in [-0.1, -0.05) is 29.8 Å². The van der Waals surface area contributed by atoms with Gasteiger partial charge in [-0.2, -0.15) is 0 Å². The molecule has 1 aromatic heterocycles. The van der Waals surface area contributed by atoms with Crippen LogP contribution in [0.15, 0.2) is 47.1 Å². The summed E-state index contributed by atoms with van der Waals surface area (Å²) < 4.78 is 38.5. The fourth-order valence-electron chi connectivity index (χ4n) is 7.29. The Morgan fingerprint density at radius 1 is 1.04 bits per heavy atom. The van der Waals surface area contributed by atoms with Crippen molar-refractivity contribution in [2.45, 2.75) is 68.9 Å². The molecule has 11 nitrogen and oxygen atoms in total. The third-order valence-corrected chi connectivity index (χ3v) is 10.4. The molecule has 48 heavy (non-hydrogen) atoms. The van der Waals surface area contributed by atoms with Crippen molar-refractivity contribution >= 4 is 46.0 Å². The lowest BCUT2D eigenvalue weighted by atomic mass is 9.87. The van der Waals surface area contributed by atoms with E-state index >= 15 is 4.39 Å². The first-order chi connectivity index (χ1) is 23.1. The molecule has 2 amide bonds. The number of para-hydroxylation sites is 1. The van der Waals surface area contributed by atoms with Crippen LogP contribution in [0, 0.1) is 11.7 Å². The fourth-order valence-corrected chi connectivity index (χ4v) is 7.53. The van der Waals surface area contributed by atoms with Crippen LogP contribution < -0.4 is 5.32 Å². The van der Waals surface area contributed by atoms with Crippen molar-refractivity contribution in [2.24, 2.45) is 5.92 Å². The predicted molar refractivity (Wildman–Crippen MR) is 176 cm³/mol. The molecule has 13 heteroatoms. The number of benzene rings is 2. The highest BCUT2D eigenvalue weighted by atomic mass is 35.5. The maximum Gasteiger partial charge on any atom is 0.306 e. The molecule has 3 fully saturated rings. The van der Waals surface area contributed by atoms with Crippen molar-refractivity contribution in [3.8, 4) is 0 Å². The molecule has 3 aromatic rings. The van der Waals surface area contributed by atoms with E-state index in [1.165, 1.54) is 12.3 Å². The Hall–Kier alpha value is -3.55. The Labute approximate surface area is 283 Å². The fraction of sp³-hybridized carbons (Fsp3) is 0.514. The van der Waals surface area contributed by atoms with Gasteiger partial charge in [0.15, 0.2) is 0 Å². The van der Waals surface area contributed by atoms with Crippen molar-refractivity contribution in [2.75, 3.05) is 45.8 Å². The number of carboxylic acids is 1. The third kappa shape index (κ3) is 7.37. The van der Waals surface area contributed by atoms with Crippen molar-refractivity contribution < 1.29 is 42.5 Å². The molecule has 3 heterocycles. The highest BCUT2D eigenvalue weighted by molar-refractivity contribution is 6.34. The zero-order valence-corrected chi connectivity index (χ0v) is 27.8. The van der Waals surface area contributed by atoms with E-state index in [9.17, 15) is 19.5 Å². The Morgan fingerprint density at radius 3 is 2.44 bits per heavy atom. The average Bonchev–Trinajstić information content (AvgIpc) is 3.83. The van der Waals surface area contributed by atoms with Crippen LogP contribution in [0.2, 0.25) is 5.02 Å². The molecular formula is C35H41ClFN3O8. The molecule has 0 radical (unpaired) electrons. The van der Waals surface area contributed by atoms with Gasteiger partial charge in [-0.15, -0.1) is 0 Å². The van der Waals surface area contributed by atoms with E-state index in [1.807, 2.05) is 0 Å². The number of aliphatic carboxylic acids is 1. The Bertz CT molecular complexity index is 1630. The van der Waals surface area contributed by atoms with E-state index in [-0.39, 0.29) is 64.9 Å². The second kappa shape index (κ2) is 14.9. The van der Waals surface area contributed by atoms with Crippen LogP contribution in [-0.4, -0.2) is 104 Å². The zero-order valence-electron chi connectivity index (χ0n) is 27.0. The number of nitrogens with one attached hydrogen (secondary N) is 1. The molecule has 2 saturated heterocycles. The topological polar surface area (TPSA) is 131 Å². The molecule has 1 aliphatic carbocycles. The number of likely N-dealkylation sites (tertiary alicyclic amines) is 2. The number of amides is 2. The number of halogens is 2. The molecule has 0 bridgehead atoms. The number of carbonyl (C=O) groups excluding carboxylic acids is 2. The summed E-state index contributed by atoms with van der Waals surface area (Å²) in [6.07, 6.45) is 3.99. The predicted octanol–water partition coefficient (Wildman–Crippen LogP) is 5.00. The van der Waals surface area contributed by atoms with Crippen LogP contribution in [-0.2, 0) is 30.2 Å². The van der Waals surface area contributed by atoms with E-state index in [4.69, 9.17) is 30.2 Å². The minimum absolute atomic E-state index is 0.0353. The van der Waals surface area contributed by atoms with Crippen LogP contribution in [0.25, 0.3) is 11.0 Å². The molecule has 2 N–H and O–H groups in total. The minimum Gasteiger partial charge on any atom is -0.481 e. The van der Waals surface area contributed by atoms with Crippen LogP contribution in [0.4, 0.5) is 10.1 Å². The number of hydrogen-bond acceptors (Lipinski definition) is 8. The molecule has 1 saturated carbocycles. The van der Waals surface area contributed by atoms with Gasteiger partial charge in [0, 0.05) is 45.3 Å². The molecule has 0 unspecified atom stereocenters. The van der Waals surface area contributed by atoms with Gasteiger partial charge in [0.25, 0.3) is 5.91 Å². The molecule has 6 rings (SSSR count). The van der Waals surface area contributed by atoms with Crippen molar-refractivity contribution in [1.82, 2.24) is 9.80 Å². The molecular weight excluding hydrogens is 645 g/mol. The summed E-state index contributed by atoms with van der Waals surface area (Å²) in [7, 11) is 3.33. The van der Waals surface area contributed by atoms with Crippen LogP contribution in [0.1, 0.15) is 48.0 Å². The Balaban J connectivity index is 1.14. The Kier molecular flexibility index (Phi) is 10.7. The largest absolute Gasteiger partial charge is 0.481 e. The van der Waals surface area contributed by atoms with E-state index < -0.39 is 17.7 Å². The Morgan fingerprint density at radius 2 is 1.75 bits per heavy atom. The molecule has 2 aliphatic heterocycles. The van der Waals surface area contributed by atoms with Gasteiger partial charge in [-0.05, 0) is 55.9 Å². The van der Waals surface area contributed by atoms with Gasteiger partial charge in [0.1, 0.15) is 17.7 Å². The second-order valence-electron chi connectivity index (χ2n) is 12.9. The zero-order chi connectivity index (χ0) is 33.9. The van der Waals surface area contributed by atoms with Crippen LogP contribution >= 0.6 is 11.6 Å². The van der Waals surface area contributed by atoms with Gasteiger partial charge in [0.2, 0.25) is 5.91 Å². The first-order valence-corrected chi connectivity index (χ1v) is 16.7. The van der Waals surface area contributed by atoms with Crippen LogP contribution in [0.5, 0.6) is 0 Å². The van der Waals surface area contributed by atoms with E-state index in [0.717, 1.165) is 6.07 Å². The number of nitrogens with zero attached hydrogens (tertiary/aromatic N) is 2. The highest BCUT2D eigenvalue weighted by Crippen LogP contribution is 2.32. The van der Waals surface area contributed by atoms with E-state index in [1.54, 1.807) is 43.4 Å². The third-order valence-electron chi connectivity index (χ3n) is 10.1. The summed E-state index contributed by atoms with van der Waals surface area (Å²) in [4.78, 5) is 42.3. The number of carboxylic acid groups (broad SMARTS) is 1. The van der Waals surface area contributed by atoms with Crippen molar-refractivity contribution in [3.63, 3.8) is 0 Å². The summed E-state index contributed by atoms with van der Waals surface area (Å²) in [5.74, 6) is -2.54. The maximum absolute atomic E-state index is 15.5. The van der Waals surface area contributed by atoms with Gasteiger partial charge >= 0.3 is 5.97 Å². The van der Waals surface area contributed by atoms with E-state index in [0.29, 0.717) is 74.9 Å². The first-order valence-electron chi connectivity index (χ1n) is 16.3. The summed E-state index contributed by atoms with van der Waals surface area (Å²) >= 11 is 6.51. The SMILES string of the molecule is CO[C@H]1CN([C@H]2C[C@@H](COC3CCC(C(=O)O)CC3)N(C(=O)Cc3cc(Cl)c(NC(=O)c4coc5ccccc45)cc3F)C2)C[C@@H]1OC. The standard InChI is InChI=1S/C35H41ClFN3O8/c1-45-31-16-39(17-32(31)46-2)22-13-23(18-47-24-9-7-20(8-10-24)35(43)44)40(15-22)33(41)12-21-11-27(36)29(14-28(21)37)38-34(42)26-19-48-30-6-4-3-5-25(26)30/h3-6,11,14,19-20,22-24,31-32H,7-10,12-13,15-18H2,1-2H3,(H,38,42)(H,43,44)/t20?,22-,23-,24?,31-,32-/m0/s1. The quantitative estimate of drug-likeness (QED) is 0.287. The number of furan rings is 1. The van der Waals surface area contributed by atoms with Gasteiger partial charge in [-0.3, -0.25) is 19.3 Å². The van der Waals surface area contributed by atoms with Crippen molar-refractivity contribution in [3.05, 3.63) is 64.6 Å². The molecule has 0 spiro atoms. The summed E-state index contributed by atoms with van der Waals surface area (Å²) in [6.45, 7) is 2.07. The summed E-state index contributed by atoms with van der Waals surface area (Å²) in [5, 5.41) is 12.7. The number of ether oxygens (including phenoxy) is 3. The van der Waals surface area contributed by atoms with Gasteiger partial charge < -0.3 is 34.0 Å². The lowest BCUT2D eigenvalue weighted by molar-refractivity contribution is -0.144. The number of methoxy groups -OCH3 is 2. The first kappa shape index (κ1) is 34.3. The molecule has 2 aromatic carbocycles. The smallest absolute Gasteiger partial charge is 0.306 e. The number of fused-ring (bicyclic) bond motifs is 1. The van der Waals surface area contributed by atoms with Crippen LogP contribution in [0.3, 0.4) is 0 Å². The molecule has 4 atom stereocenters. The van der Waals surface area contributed by atoms with Gasteiger partial charge in [0.05, 0.1) is 59.6 Å². The monoisotopic (exact) mass is 685 g/mol. The normalized spacial score (nSPS) is 26.3. The highest BCUT2D eigenvalue weighted by Gasteiger charge is 2.43.